The van der Waals surface area contributed by atoms with Gasteiger partial charge in [-0.1, -0.05) is 12.1 Å². The minimum absolute atomic E-state index is 0.0439. The van der Waals surface area contributed by atoms with E-state index in [9.17, 15) is 14.7 Å². The van der Waals surface area contributed by atoms with Crippen molar-refractivity contribution in [1.82, 2.24) is 4.90 Å². The third-order valence-electron chi connectivity index (χ3n) is 3.66. The zero-order chi connectivity index (χ0) is 17.4. The molecule has 23 heavy (non-hydrogen) atoms. The molecular formula is C17H24N2O4. The van der Waals surface area contributed by atoms with Crippen molar-refractivity contribution in [3.8, 4) is 5.75 Å². The van der Waals surface area contributed by atoms with Gasteiger partial charge in [0.25, 0.3) is 0 Å². The predicted octanol–water partition coefficient (Wildman–Crippen LogP) is 2.75. The average Bonchev–Trinajstić information content (AvgIpc) is 2.39. The molecule has 1 aromatic carbocycles. The van der Waals surface area contributed by atoms with Gasteiger partial charge in [0.15, 0.2) is 0 Å². The Morgan fingerprint density at radius 3 is 2.43 bits per heavy atom. The Kier molecular flexibility index (Phi) is 4.28. The van der Waals surface area contributed by atoms with Crippen LogP contribution in [0.2, 0.25) is 0 Å². The number of carbonyl (C=O) groups excluding carboxylic acids is 2. The summed E-state index contributed by atoms with van der Waals surface area (Å²) in [5, 5.41) is 9.98. The summed E-state index contributed by atoms with van der Waals surface area (Å²) in [7, 11) is 0. The van der Waals surface area contributed by atoms with E-state index in [1.54, 1.807) is 39.0 Å². The van der Waals surface area contributed by atoms with Gasteiger partial charge in [0.05, 0.1) is 11.2 Å². The van der Waals surface area contributed by atoms with Crippen molar-refractivity contribution in [3.63, 3.8) is 0 Å². The third-order valence-corrected chi connectivity index (χ3v) is 3.66. The van der Waals surface area contributed by atoms with Crippen LogP contribution in [-0.2, 0) is 9.53 Å². The summed E-state index contributed by atoms with van der Waals surface area (Å²) in [5.41, 5.74) is -0.779. The number of phenolic OH excluding ortho intramolecular Hbond substituents is 1. The molecule has 1 heterocycles. The van der Waals surface area contributed by atoms with E-state index in [0.29, 0.717) is 5.69 Å². The van der Waals surface area contributed by atoms with Gasteiger partial charge in [0.2, 0.25) is 5.91 Å². The average molecular weight is 320 g/mol. The maximum absolute atomic E-state index is 12.5. The molecular weight excluding hydrogens is 296 g/mol. The Labute approximate surface area is 136 Å². The van der Waals surface area contributed by atoms with E-state index < -0.39 is 17.2 Å². The first-order chi connectivity index (χ1) is 10.5. The zero-order valence-corrected chi connectivity index (χ0v) is 14.3. The SMILES string of the molecule is CC(C)(C)OC(=O)N1CC(=O)N(c2ccccc2O)CC1(C)C. The van der Waals surface area contributed by atoms with E-state index in [0.717, 1.165) is 0 Å². The van der Waals surface area contributed by atoms with Gasteiger partial charge >= 0.3 is 6.09 Å². The smallest absolute Gasteiger partial charge is 0.411 e. The predicted molar refractivity (Wildman–Crippen MR) is 87.5 cm³/mol. The lowest BCUT2D eigenvalue weighted by molar-refractivity contribution is -0.124. The lowest BCUT2D eigenvalue weighted by Gasteiger charge is -2.46. The minimum Gasteiger partial charge on any atom is -0.506 e. The number of hydrogen-bond acceptors (Lipinski definition) is 4. The number of carbonyl (C=O) groups is 2. The molecule has 0 saturated carbocycles. The Bertz CT molecular complexity index is 619. The highest BCUT2D eigenvalue weighted by molar-refractivity contribution is 5.99. The van der Waals surface area contributed by atoms with Crippen LogP contribution in [-0.4, -0.2) is 46.2 Å². The number of amides is 2. The summed E-state index contributed by atoms with van der Waals surface area (Å²) in [6, 6.07) is 6.68. The van der Waals surface area contributed by atoms with E-state index in [1.807, 2.05) is 13.8 Å². The maximum atomic E-state index is 12.5. The highest BCUT2D eigenvalue weighted by Crippen LogP contribution is 2.32. The van der Waals surface area contributed by atoms with Gasteiger partial charge in [-0.05, 0) is 46.8 Å². The van der Waals surface area contributed by atoms with E-state index in [4.69, 9.17) is 4.74 Å². The highest BCUT2D eigenvalue weighted by atomic mass is 16.6. The van der Waals surface area contributed by atoms with Crippen LogP contribution in [0.1, 0.15) is 34.6 Å². The van der Waals surface area contributed by atoms with Gasteiger partial charge in [0.1, 0.15) is 17.9 Å². The molecule has 2 amide bonds. The number of rotatable bonds is 1. The molecule has 0 aliphatic carbocycles. The number of piperazine rings is 1. The van der Waals surface area contributed by atoms with E-state index in [-0.39, 0.29) is 24.7 Å². The minimum atomic E-state index is -0.620. The molecule has 0 aromatic heterocycles. The van der Waals surface area contributed by atoms with Crippen LogP contribution in [0.15, 0.2) is 24.3 Å². The van der Waals surface area contributed by atoms with Crippen LogP contribution in [0.3, 0.4) is 0 Å². The van der Waals surface area contributed by atoms with Crippen LogP contribution in [0.5, 0.6) is 5.75 Å². The Morgan fingerprint density at radius 2 is 1.87 bits per heavy atom. The van der Waals surface area contributed by atoms with Crippen molar-refractivity contribution in [2.75, 3.05) is 18.0 Å². The van der Waals surface area contributed by atoms with E-state index in [1.165, 1.54) is 15.9 Å². The van der Waals surface area contributed by atoms with E-state index in [2.05, 4.69) is 0 Å². The molecule has 6 heteroatoms. The van der Waals surface area contributed by atoms with Gasteiger partial charge in [-0.15, -0.1) is 0 Å². The van der Waals surface area contributed by atoms with Crippen molar-refractivity contribution in [2.24, 2.45) is 0 Å². The van der Waals surface area contributed by atoms with Gasteiger partial charge in [-0.25, -0.2) is 4.79 Å². The van der Waals surface area contributed by atoms with Crippen LogP contribution in [0.25, 0.3) is 0 Å². The normalized spacial score (nSPS) is 18.0. The summed E-state index contributed by atoms with van der Waals surface area (Å²) in [5.74, 6) is -0.209. The Balaban J connectivity index is 2.24. The number of nitrogens with zero attached hydrogens (tertiary/aromatic N) is 2. The summed E-state index contributed by atoms with van der Waals surface area (Å²) in [6.45, 7) is 9.31. The lowest BCUT2D eigenvalue weighted by Crippen LogP contribution is -2.64. The topological polar surface area (TPSA) is 70.1 Å². The second-order valence-electron chi connectivity index (χ2n) is 7.35. The van der Waals surface area contributed by atoms with Gasteiger partial charge < -0.3 is 14.7 Å². The first kappa shape index (κ1) is 17.1. The maximum Gasteiger partial charge on any atom is 0.411 e. The number of anilines is 1. The summed E-state index contributed by atoms with van der Waals surface area (Å²) < 4.78 is 5.39. The number of aromatic hydroxyl groups is 1. The number of ether oxygens (including phenoxy) is 1. The van der Waals surface area contributed by atoms with Gasteiger partial charge in [-0.3, -0.25) is 9.69 Å². The van der Waals surface area contributed by atoms with Crippen molar-refractivity contribution in [1.29, 1.82) is 0 Å². The molecule has 126 valence electrons. The Hall–Kier alpha value is -2.24. The first-order valence-corrected chi connectivity index (χ1v) is 7.60. The number of hydrogen-bond donors (Lipinski definition) is 1. The summed E-state index contributed by atoms with van der Waals surface area (Å²) in [6.07, 6.45) is -0.507. The molecule has 1 fully saturated rings. The summed E-state index contributed by atoms with van der Waals surface area (Å²) in [4.78, 5) is 27.8. The molecule has 0 bridgehead atoms. The molecule has 2 rings (SSSR count). The van der Waals surface area contributed by atoms with Gasteiger partial charge in [0, 0.05) is 6.54 Å². The zero-order valence-electron chi connectivity index (χ0n) is 14.3. The summed E-state index contributed by atoms with van der Waals surface area (Å²) >= 11 is 0. The number of phenols is 1. The largest absolute Gasteiger partial charge is 0.506 e. The van der Waals surface area contributed by atoms with Crippen LogP contribution < -0.4 is 4.90 Å². The van der Waals surface area contributed by atoms with Crippen molar-refractivity contribution >= 4 is 17.7 Å². The number of benzene rings is 1. The standard InChI is InChI=1S/C17H24N2O4/c1-16(2,3)23-15(22)19-10-14(21)18(11-17(19,4)5)12-8-6-7-9-13(12)20/h6-9,20H,10-11H2,1-5H3. The molecule has 1 aliphatic heterocycles. The highest BCUT2D eigenvalue weighted by Gasteiger charge is 2.43. The molecule has 6 nitrogen and oxygen atoms in total. The fourth-order valence-electron chi connectivity index (χ4n) is 2.54. The van der Waals surface area contributed by atoms with E-state index >= 15 is 0 Å². The van der Waals surface area contributed by atoms with Crippen molar-refractivity contribution in [2.45, 2.75) is 45.8 Å². The second kappa shape index (κ2) is 5.76. The molecule has 0 unspecified atom stereocenters. The van der Waals surface area contributed by atoms with Crippen LogP contribution >= 0.6 is 0 Å². The fourth-order valence-corrected chi connectivity index (χ4v) is 2.54. The van der Waals surface area contributed by atoms with Crippen LogP contribution in [0.4, 0.5) is 10.5 Å². The third kappa shape index (κ3) is 3.75. The first-order valence-electron chi connectivity index (χ1n) is 7.60. The molecule has 1 aliphatic rings. The molecule has 1 N–H and O–H groups in total. The van der Waals surface area contributed by atoms with Crippen molar-refractivity contribution < 1.29 is 19.4 Å². The quantitative estimate of drug-likeness (QED) is 0.864. The molecule has 1 saturated heterocycles. The monoisotopic (exact) mass is 320 g/mol. The molecule has 0 atom stereocenters. The molecule has 0 radical (unpaired) electrons. The number of para-hydroxylation sites is 2. The second-order valence-corrected chi connectivity index (χ2v) is 7.35. The van der Waals surface area contributed by atoms with Gasteiger partial charge in [-0.2, -0.15) is 0 Å². The molecule has 1 aromatic rings. The van der Waals surface area contributed by atoms with Crippen molar-refractivity contribution in [3.05, 3.63) is 24.3 Å². The fraction of sp³-hybridized carbons (Fsp3) is 0.529. The lowest BCUT2D eigenvalue weighted by atomic mass is 9.98. The van der Waals surface area contributed by atoms with Crippen LogP contribution in [0, 0.1) is 0 Å². The Morgan fingerprint density at radius 1 is 1.26 bits per heavy atom. The molecule has 0 spiro atoms.